The lowest BCUT2D eigenvalue weighted by molar-refractivity contribution is -0.386. The number of nitrogens with one attached hydrogen (secondary N) is 1. The summed E-state index contributed by atoms with van der Waals surface area (Å²) in [6.45, 7) is 0. The molecule has 0 aliphatic carbocycles. The van der Waals surface area contributed by atoms with Gasteiger partial charge in [0.2, 0.25) is 5.75 Å². The smallest absolute Gasteiger partial charge is 0.315 e. The van der Waals surface area contributed by atoms with E-state index in [-0.39, 0.29) is 16.9 Å². The minimum atomic E-state index is -0.789. The Morgan fingerprint density at radius 3 is 2.73 bits per heavy atom. The quantitative estimate of drug-likeness (QED) is 0.331. The predicted octanol–water partition coefficient (Wildman–Crippen LogP) is 3.62. The van der Waals surface area contributed by atoms with Crippen LogP contribution in [0.3, 0.4) is 0 Å². The van der Waals surface area contributed by atoms with E-state index in [1.165, 1.54) is 19.3 Å². The first-order valence-corrected chi connectivity index (χ1v) is 7.89. The summed E-state index contributed by atoms with van der Waals surface area (Å²) in [6.07, 6.45) is 1.17. The van der Waals surface area contributed by atoms with Crippen LogP contribution >= 0.6 is 15.9 Å². The van der Waals surface area contributed by atoms with Gasteiger partial charge in [0.1, 0.15) is 11.6 Å². The minimum Gasteiger partial charge on any atom is -0.500 e. The van der Waals surface area contributed by atoms with Crippen molar-refractivity contribution in [3.63, 3.8) is 0 Å². The molecule has 0 bridgehead atoms. The maximum Gasteiger partial charge on any atom is 0.315 e. The molecule has 26 heavy (non-hydrogen) atoms. The second-order valence-electron chi connectivity index (χ2n) is 4.98. The van der Waals surface area contributed by atoms with E-state index in [2.05, 4.69) is 21.2 Å². The summed E-state index contributed by atoms with van der Waals surface area (Å²) in [7, 11) is 1.23. The van der Waals surface area contributed by atoms with Gasteiger partial charge in [-0.25, -0.2) is 0 Å². The molecule has 0 radical (unpaired) electrons. The summed E-state index contributed by atoms with van der Waals surface area (Å²) >= 11 is 3.27. The predicted molar refractivity (Wildman–Crippen MR) is 97.7 cm³/mol. The SMILES string of the molecule is COc1cc(/C=C(/C#N)C(=O)Nc2cccc(Br)c2)cc([N+](=O)[O-])c1O. The second kappa shape index (κ2) is 8.13. The zero-order chi connectivity index (χ0) is 19.3. The molecule has 1 amide bonds. The average Bonchev–Trinajstić information content (AvgIpc) is 2.60. The van der Waals surface area contributed by atoms with Crippen LogP contribution in [-0.2, 0) is 4.79 Å². The Kier molecular flexibility index (Phi) is 5.93. The molecule has 2 N–H and O–H groups in total. The van der Waals surface area contributed by atoms with E-state index in [9.17, 15) is 25.3 Å². The number of hydrogen-bond donors (Lipinski definition) is 2. The molecule has 2 aromatic carbocycles. The number of ether oxygens (including phenoxy) is 1. The molecular weight excluding hydrogens is 406 g/mol. The summed E-state index contributed by atoms with van der Waals surface area (Å²) in [5.41, 5.74) is -0.237. The summed E-state index contributed by atoms with van der Waals surface area (Å²) < 4.78 is 5.64. The largest absolute Gasteiger partial charge is 0.500 e. The number of nitro groups is 1. The zero-order valence-electron chi connectivity index (χ0n) is 13.4. The lowest BCUT2D eigenvalue weighted by Crippen LogP contribution is -2.13. The fourth-order valence-electron chi connectivity index (χ4n) is 2.07. The molecule has 8 nitrogen and oxygen atoms in total. The number of halogens is 1. The molecule has 0 saturated carbocycles. The van der Waals surface area contributed by atoms with Crippen LogP contribution in [0.1, 0.15) is 5.56 Å². The number of benzene rings is 2. The summed E-state index contributed by atoms with van der Waals surface area (Å²) in [5, 5.41) is 32.6. The number of carbonyl (C=O) groups is 1. The van der Waals surface area contributed by atoms with E-state index < -0.39 is 22.3 Å². The highest BCUT2D eigenvalue weighted by molar-refractivity contribution is 9.10. The molecule has 0 aliphatic heterocycles. The third kappa shape index (κ3) is 4.37. The lowest BCUT2D eigenvalue weighted by Gasteiger charge is -2.07. The van der Waals surface area contributed by atoms with Crippen LogP contribution < -0.4 is 10.1 Å². The van der Waals surface area contributed by atoms with Crippen molar-refractivity contribution in [3.8, 4) is 17.6 Å². The number of phenols is 1. The molecule has 2 aromatic rings. The molecule has 0 atom stereocenters. The van der Waals surface area contributed by atoms with Crippen molar-refractivity contribution in [1.82, 2.24) is 0 Å². The monoisotopic (exact) mass is 417 g/mol. The van der Waals surface area contributed by atoms with Crippen molar-refractivity contribution in [2.24, 2.45) is 0 Å². The fourth-order valence-corrected chi connectivity index (χ4v) is 2.47. The van der Waals surface area contributed by atoms with Gasteiger partial charge in [-0.3, -0.25) is 14.9 Å². The van der Waals surface area contributed by atoms with Gasteiger partial charge in [-0.2, -0.15) is 5.26 Å². The van der Waals surface area contributed by atoms with Gasteiger partial charge in [-0.1, -0.05) is 22.0 Å². The van der Waals surface area contributed by atoms with Crippen LogP contribution in [0.5, 0.6) is 11.5 Å². The van der Waals surface area contributed by atoms with Crippen molar-refractivity contribution in [3.05, 3.63) is 62.1 Å². The highest BCUT2D eigenvalue weighted by Gasteiger charge is 2.20. The van der Waals surface area contributed by atoms with E-state index >= 15 is 0 Å². The van der Waals surface area contributed by atoms with Crippen molar-refractivity contribution < 1.29 is 19.6 Å². The molecule has 0 saturated heterocycles. The molecule has 0 spiro atoms. The molecule has 9 heteroatoms. The standard InChI is InChI=1S/C17H12BrN3O5/c1-26-15-7-10(6-14(16(15)22)21(24)25)5-11(9-19)17(23)20-13-4-2-3-12(18)8-13/h2-8,22H,1H3,(H,20,23)/b11-5-. The molecule has 0 aliphatic rings. The first-order valence-electron chi connectivity index (χ1n) is 7.09. The summed E-state index contributed by atoms with van der Waals surface area (Å²) in [5.74, 6) is -1.46. The number of anilines is 1. The molecule has 0 unspecified atom stereocenters. The number of carbonyl (C=O) groups excluding carboxylic acids is 1. The Labute approximate surface area is 156 Å². The van der Waals surface area contributed by atoms with Gasteiger partial charge in [0.25, 0.3) is 5.91 Å². The fraction of sp³-hybridized carbons (Fsp3) is 0.0588. The Hall–Kier alpha value is -3.38. The highest BCUT2D eigenvalue weighted by Crippen LogP contribution is 2.37. The second-order valence-corrected chi connectivity index (χ2v) is 5.90. The van der Waals surface area contributed by atoms with Gasteiger partial charge < -0.3 is 15.2 Å². The Morgan fingerprint density at radius 2 is 2.15 bits per heavy atom. The number of hydrogen-bond acceptors (Lipinski definition) is 6. The van der Waals surface area contributed by atoms with E-state index in [4.69, 9.17) is 4.74 Å². The highest BCUT2D eigenvalue weighted by atomic mass is 79.9. The molecule has 0 heterocycles. The van der Waals surface area contributed by atoms with Gasteiger partial charge >= 0.3 is 5.69 Å². The normalized spacial score (nSPS) is 10.7. The third-order valence-electron chi connectivity index (χ3n) is 3.25. The van der Waals surface area contributed by atoms with Crippen LogP contribution in [0.2, 0.25) is 0 Å². The Balaban J connectivity index is 2.39. The first kappa shape index (κ1) is 19.0. The number of rotatable bonds is 5. The Bertz CT molecular complexity index is 950. The van der Waals surface area contributed by atoms with Gasteiger partial charge in [-0.15, -0.1) is 0 Å². The first-order chi connectivity index (χ1) is 12.3. The van der Waals surface area contributed by atoms with Crippen LogP contribution in [-0.4, -0.2) is 23.0 Å². The maximum absolute atomic E-state index is 12.3. The van der Waals surface area contributed by atoms with Crippen molar-refractivity contribution in [2.75, 3.05) is 12.4 Å². The number of nitriles is 1. The van der Waals surface area contributed by atoms with Gasteiger partial charge in [-0.05, 0) is 35.9 Å². The van der Waals surface area contributed by atoms with E-state index in [1.54, 1.807) is 30.3 Å². The van der Waals surface area contributed by atoms with Crippen molar-refractivity contribution in [2.45, 2.75) is 0 Å². The van der Waals surface area contributed by atoms with E-state index in [0.717, 1.165) is 10.5 Å². The Morgan fingerprint density at radius 1 is 1.42 bits per heavy atom. The molecule has 0 aromatic heterocycles. The van der Waals surface area contributed by atoms with Crippen molar-refractivity contribution in [1.29, 1.82) is 5.26 Å². The average molecular weight is 418 g/mol. The number of phenolic OH excluding ortho intramolecular Hbond substituents is 1. The lowest BCUT2D eigenvalue weighted by atomic mass is 10.1. The zero-order valence-corrected chi connectivity index (χ0v) is 15.0. The van der Waals surface area contributed by atoms with Crippen LogP contribution in [0.15, 0.2) is 46.4 Å². The molecule has 0 fully saturated rings. The van der Waals surface area contributed by atoms with Gasteiger partial charge in [0, 0.05) is 16.2 Å². The van der Waals surface area contributed by atoms with Gasteiger partial charge in [0.15, 0.2) is 5.75 Å². The van der Waals surface area contributed by atoms with E-state index in [0.29, 0.717) is 5.69 Å². The third-order valence-corrected chi connectivity index (χ3v) is 3.75. The number of nitrogens with zero attached hydrogens (tertiary/aromatic N) is 2. The van der Waals surface area contributed by atoms with E-state index in [1.807, 2.05) is 0 Å². The number of nitro benzene ring substituents is 1. The van der Waals surface area contributed by atoms with Crippen LogP contribution in [0, 0.1) is 21.4 Å². The number of aromatic hydroxyl groups is 1. The molecular formula is C17H12BrN3O5. The number of amides is 1. The maximum atomic E-state index is 12.3. The molecule has 2 rings (SSSR count). The molecule has 132 valence electrons. The van der Waals surface area contributed by atoms with Crippen LogP contribution in [0.25, 0.3) is 6.08 Å². The topological polar surface area (TPSA) is 125 Å². The summed E-state index contributed by atoms with van der Waals surface area (Å²) in [6, 6.07) is 10.9. The van der Waals surface area contributed by atoms with Crippen molar-refractivity contribution >= 4 is 39.3 Å². The van der Waals surface area contributed by atoms with Gasteiger partial charge in [0.05, 0.1) is 12.0 Å². The van der Waals surface area contributed by atoms with Crippen LogP contribution in [0.4, 0.5) is 11.4 Å². The summed E-state index contributed by atoms with van der Waals surface area (Å²) in [4.78, 5) is 22.5. The number of methoxy groups -OCH3 is 1. The minimum absolute atomic E-state index is 0.143.